The van der Waals surface area contributed by atoms with Gasteiger partial charge in [0.05, 0.1) is 6.61 Å². The van der Waals surface area contributed by atoms with Crippen molar-refractivity contribution in [3.05, 3.63) is 23.9 Å². The minimum absolute atomic E-state index is 0.00642. The second kappa shape index (κ2) is 8.36. The second-order valence-corrected chi connectivity index (χ2v) is 5.43. The van der Waals surface area contributed by atoms with Crippen LogP contribution in [0.4, 0.5) is 4.79 Å². The molecule has 23 heavy (non-hydrogen) atoms. The summed E-state index contributed by atoms with van der Waals surface area (Å²) in [5.41, 5.74) is 0.850. The molecule has 0 aliphatic carbocycles. The van der Waals surface area contributed by atoms with Gasteiger partial charge in [-0.2, -0.15) is 0 Å². The number of aromatic nitrogens is 1. The van der Waals surface area contributed by atoms with Crippen molar-refractivity contribution in [2.45, 2.75) is 26.3 Å². The summed E-state index contributed by atoms with van der Waals surface area (Å²) in [5, 5.41) is 5.56. The van der Waals surface area contributed by atoms with E-state index >= 15 is 0 Å². The van der Waals surface area contributed by atoms with Gasteiger partial charge in [-0.1, -0.05) is 6.07 Å². The number of carbonyl (C=O) groups excluding carboxylic acids is 2. The Morgan fingerprint density at radius 1 is 1.39 bits per heavy atom. The van der Waals surface area contributed by atoms with E-state index in [9.17, 15) is 9.59 Å². The number of amides is 3. The summed E-state index contributed by atoms with van der Waals surface area (Å²) < 4.78 is 5.45. The van der Waals surface area contributed by atoms with E-state index in [4.69, 9.17) is 4.74 Å². The molecule has 0 saturated carbocycles. The summed E-state index contributed by atoms with van der Waals surface area (Å²) in [7, 11) is 1.64. The quantitative estimate of drug-likeness (QED) is 0.852. The molecule has 0 bridgehead atoms. The third kappa shape index (κ3) is 4.58. The molecule has 1 aromatic heterocycles. The largest absolute Gasteiger partial charge is 0.478 e. The summed E-state index contributed by atoms with van der Waals surface area (Å²) in [6.07, 6.45) is 3.06. The Morgan fingerprint density at radius 2 is 2.13 bits per heavy atom. The Bertz CT molecular complexity index is 542. The van der Waals surface area contributed by atoms with Crippen molar-refractivity contribution in [2.75, 3.05) is 26.7 Å². The average Bonchev–Trinajstić information content (AvgIpc) is 2.60. The van der Waals surface area contributed by atoms with Gasteiger partial charge < -0.3 is 20.3 Å². The molecule has 0 radical (unpaired) electrons. The lowest BCUT2D eigenvalue weighted by atomic mass is 9.96. The van der Waals surface area contributed by atoms with E-state index in [0.29, 0.717) is 45.0 Å². The summed E-state index contributed by atoms with van der Waals surface area (Å²) in [4.78, 5) is 29.8. The molecule has 1 aliphatic rings. The Morgan fingerprint density at radius 3 is 2.78 bits per heavy atom. The number of nitrogens with one attached hydrogen (secondary N) is 2. The van der Waals surface area contributed by atoms with Gasteiger partial charge in [-0.25, -0.2) is 9.78 Å². The third-order valence-corrected chi connectivity index (χ3v) is 3.96. The van der Waals surface area contributed by atoms with Crippen LogP contribution >= 0.6 is 0 Å². The minimum Gasteiger partial charge on any atom is -0.478 e. The highest BCUT2D eigenvalue weighted by atomic mass is 16.5. The lowest BCUT2D eigenvalue weighted by Crippen LogP contribution is -2.46. The lowest BCUT2D eigenvalue weighted by Gasteiger charge is -2.31. The lowest BCUT2D eigenvalue weighted by molar-refractivity contribution is -0.125. The van der Waals surface area contributed by atoms with Crippen molar-refractivity contribution in [3.8, 4) is 5.88 Å². The molecule has 2 rings (SSSR count). The van der Waals surface area contributed by atoms with Crippen molar-refractivity contribution in [3.63, 3.8) is 0 Å². The number of hydrogen-bond acceptors (Lipinski definition) is 4. The Labute approximate surface area is 136 Å². The fourth-order valence-electron chi connectivity index (χ4n) is 2.66. The number of carbonyl (C=O) groups is 2. The van der Waals surface area contributed by atoms with Crippen LogP contribution in [-0.2, 0) is 11.3 Å². The van der Waals surface area contributed by atoms with Crippen LogP contribution in [0.2, 0.25) is 0 Å². The summed E-state index contributed by atoms with van der Waals surface area (Å²) in [5.74, 6) is 0.613. The van der Waals surface area contributed by atoms with Gasteiger partial charge in [-0.05, 0) is 25.8 Å². The molecule has 2 N–H and O–H groups in total. The molecule has 0 atom stereocenters. The topological polar surface area (TPSA) is 83.6 Å². The number of urea groups is 1. The second-order valence-electron chi connectivity index (χ2n) is 5.43. The van der Waals surface area contributed by atoms with Gasteiger partial charge in [0.15, 0.2) is 0 Å². The van der Waals surface area contributed by atoms with E-state index in [-0.39, 0.29) is 17.9 Å². The monoisotopic (exact) mass is 320 g/mol. The van der Waals surface area contributed by atoms with Crippen LogP contribution < -0.4 is 15.4 Å². The van der Waals surface area contributed by atoms with Gasteiger partial charge in [-0.3, -0.25) is 4.79 Å². The van der Waals surface area contributed by atoms with Gasteiger partial charge in [0.1, 0.15) is 0 Å². The molecule has 1 aromatic rings. The molecule has 126 valence electrons. The van der Waals surface area contributed by atoms with Crippen molar-refractivity contribution in [1.82, 2.24) is 20.5 Å². The molecular weight excluding hydrogens is 296 g/mol. The first-order chi connectivity index (χ1) is 11.2. The van der Waals surface area contributed by atoms with E-state index in [2.05, 4.69) is 15.6 Å². The first kappa shape index (κ1) is 17.1. The fourth-order valence-corrected chi connectivity index (χ4v) is 2.66. The molecule has 1 fully saturated rings. The molecule has 7 nitrogen and oxygen atoms in total. The zero-order valence-electron chi connectivity index (χ0n) is 13.7. The number of ether oxygens (including phenoxy) is 1. The number of likely N-dealkylation sites (tertiary alicyclic amines) is 1. The highest BCUT2D eigenvalue weighted by Gasteiger charge is 2.26. The Kier molecular flexibility index (Phi) is 6.19. The van der Waals surface area contributed by atoms with Crippen LogP contribution in [0, 0.1) is 5.92 Å². The fraction of sp³-hybridized carbons (Fsp3) is 0.562. The van der Waals surface area contributed by atoms with Gasteiger partial charge in [0.25, 0.3) is 0 Å². The van der Waals surface area contributed by atoms with E-state index in [0.717, 1.165) is 5.56 Å². The van der Waals surface area contributed by atoms with Crippen LogP contribution in [0.1, 0.15) is 25.3 Å². The molecule has 0 spiro atoms. The zero-order valence-corrected chi connectivity index (χ0v) is 13.7. The molecule has 7 heteroatoms. The SMILES string of the molecule is CCOc1ncccc1CNC(=O)N1CCC(C(=O)NC)CC1. The highest BCUT2D eigenvalue weighted by molar-refractivity contribution is 5.79. The number of piperidine rings is 1. The van der Waals surface area contributed by atoms with Crippen LogP contribution in [0.3, 0.4) is 0 Å². The average molecular weight is 320 g/mol. The first-order valence-electron chi connectivity index (χ1n) is 7.96. The third-order valence-electron chi connectivity index (χ3n) is 3.96. The summed E-state index contributed by atoms with van der Waals surface area (Å²) in [6.45, 7) is 3.99. The van der Waals surface area contributed by atoms with Crippen molar-refractivity contribution < 1.29 is 14.3 Å². The van der Waals surface area contributed by atoms with Crippen molar-refractivity contribution in [2.24, 2.45) is 5.92 Å². The molecule has 1 aliphatic heterocycles. The number of hydrogen-bond donors (Lipinski definition) is 2. The van der Waals surface area contributed by atoms with Crippen LogP contribution in [-0.4, -0.2) is 48.6 Å². The molecule has 0 unspecified atom stereocenters. The normalized spacial score (nSPS) is 15.1. The van der Waals surface area contributed by atoms with Crippen LogP contribution in [0.5, 0.6) is 5.88 Å². The minimum atomic E-state index is -0.119. The highest BCUT2D eigenvalue weighted by Crippen LogP contribution is 2.18. The van der Waals surface area contributed by atoms with Gasteiger partial charge in [0.2, 0.25) is 11.8 Å². The molecule has 3 amide bonds. The van der Waals surface area contributed by atoms with Crippen LogP contribution in [0.15, 0.2) is 18.3 Å². The van der Waals surface area contributed by atoms with E-state index in [1.165, 1.54) is 0 Å². The first-order valence-corrected chi connectivity index (χ1v) is 7.96. The van der Waals surface area contributed by atoms with Gasteiger partial charge >= 0.3 is 6.03 Å². The standard InChI is InChI=1S/C16H24N4O3/c1-3-23-15-13(5-4-8-18-15)11-19-16(22)20-9-6-12(7-10-20)14(21)17-2/h4-5,8,12H,3,6-7,9-11H2,1-2H3,(H,17,21)(H,19,22). The maximum atomic E-state index is 12.2. The number of nitrogens with zero attached hydrogens (tertiary/aromatic N) is 2. The van der Waals surface area contributed by atoms with Crippen molar-refractivity contribution in [1.29, 1.82) is 0 Å². The maximum Gasteiger partial charge on any atom is 0.317 e. The number of pyridine rings is 1. The van der Waals surface area contributed by atoms with Crippen molar-refractivity contribution >= 4 is 11.9 Å². The molecule has 0 aromatic carbocycles. The van der Waals surface area contributed by atoms with Gasteiger partial charge in [-0.15, -0.1) is 0 Å². The van der Waals surface area contributed by atoms with E-state index in [1.54, 1.807) is 18.1 Å². The molecule has 1 saturated heterocycles. The van der Waals surface area contributed by atoms with E-state index < -0.39 is 0 Å². The predicted molar refractivity (Wildman–Crippen MR) is 86.0 cm³/mol. The number of rotatable bonds is 5. The molecular formula is C16H24N4O3. The van der Waals surface area contributed by atoms with E-state index in [1.807, 2.05) is 19.1 Å². The smallest absolute Gasteiger partial charge is 0.317 e. The van der Waals surface area contributed by atoms with Gasteiger partial charge in [0, 0.05) is 44.4 Å². The zero-order chi connectivity index (χ0) is 16.7. The summed E-state index contributed by atoms with van der Waals surface area (Å²) >= 11 is 0. The molecule has 2 heterocycles. The summed E-state index contributed by atoms with van der Waals surface area (Å²) in [6, 6.07) is 3.58. The predicted octanol–water partition coefficient (Wildman–Crippen LogP) is 1.15. The Balaban J connectivity index is 1.83. The Hall–Kier alpha value is -2.31. The maximum absolute atomic E-state index is 12.2. The van der Waals surface area contributed by atoms with Crippen LogP contribution in [0.25, 0.3) is 0 Å².